The van der Waals surface area contributed by atoms with Crippen LogP contribution in [0.2, 0.25) is 0 Å². The molecule has 0 unspecified atom stereocenters. The van der Waals surface area contributed by atoms with Gasteiger partial charge in [-0.05, 0) is 36.3 Å². The van der Waals surface area contributed by atoms with Crippen molar-refractivity contribution in [3.05, 3.63) is 53.6 Å². The first-order valence-corrected chi connectivity index (χ1v) is 12.1. The summed E-state index contributed by atoms with van der Waals surface area (Å²) in [6, 6.07) is 11.0. The molecule has 37 heavy (non-hydrogen) atoms. The van der Waals surface area contributed by atoms with E-state index in [0.29, 0.717) is 30.7 Å². The number of anilines is 1. The number of carbonyl (C=O) groups is 3. The summed E-state index contributed by atoms with van der Waals surface area (Å²) in [5.74, 6) is -0.212. The molecule has 0 saturated heterocycles. The molecule has 0 bridgehead atoms. The topological polar surface area (TPSA) is 135 Å². The lowest BCUT2D eigenvalue weighted by Crippen LogP contribution is -2.43. The molecule has 1 atom stereocenters. The second-order valence-corrected chi connectivity index (χ2v) is 9.48. The van der Waals surface area contributed by atoms with E-state index in [-0.39, 0.29) is 24.5 Å². The zero-order valence-corrected chi connectivity index (χ0v) is 22.1. The van der Waals surface area contributed by atoms with Crippen molar-refractivity contribution in [3.63, 3.8) is 0 Å². The number of methoxy groups -OCH3 is 2. The van der Waals surface area contributed by atoms with Gasteiger partial charge in [-0.25, -0.2) is 14.4 Å². The van der Waals surface area contributed by atoms with Gasteiger partial charge in [0.05, 0.1) is 19.9 Å². The average molecular weight is 516 g/mol. The van der Waals surface area contributed by atoms with Gasteiger partial charge in [0.1, 0.15) is 24.1 Å². The van der Waals surface area contributed by atoms with Crippen LogP contribution in [0.3, 0.4) is 0 Å². The average Bonchev–Trinajstić information content (AvgIpc) is 2.87. The SMILES string of the molecule is COC(=O)[C@H](CCCCNC(=O)OCc1ccccc1)NC(=O)Nc1cc(OC)cc(C(C)(C)C)c1O. The van der Waals surface area contributed by atoms with E-state index in [1.165, 1.54) is 20.3 Å². The van der Waals surface area contributed by atoms with Gasteiger partial charge in [-0.15, -0.1) is 0 Å². The van der Waals surface area contributed by atoms with Crippen molar-refractivity contribution in [2.45, 2.75) is 58.1 Å². The molecule has 0 radical (unpaired) electrons. The fourth-order valence-electron chi connectivity index (χ4n) is 3.54. The molecule has 2 rings (SSSR count). The highest BCUT2D eigenvalue weighted by atomic mass is 16.5. The van der Waals surface area contributed by atoms with E-state index in [9.17, 15) is 19.5 Å². The number of unbranched alkanes of at least 4 members (excludes halogenated alkanes) is 1. The van der Waals surface area contributed by atoms with Crippen molar-refractivity contribution >= 4 is 23.8 Å². The third-order valence-corrected chi connectivity index (χ3v) is 5.57. The normalized spacial score (nSPS) is 11.7. The number of benzene rings is 2. The van der Waals surface area contributed by atoms with E-state index in [4.69, 9.17) is 14.2 Å². The lowest BCUT2D eigenvalue weighted by molar-refractivity contribution is -0.143. The summed E-state index contributed by atoms with van der Waals surface area (Å²) in [5.41, 5.74) is 1.24. The highest BCUT2D eigenvalue weighted by Gasteiger charge is 2.25. The minimum absolute atomic E-state index is 0.0803. The van der Waals surface area contributed by atoms with Crippen LogP contribution in [0.1, 0.15) is 51.2 Å². The van der Waals surface area contributed by atoms with Crippen LogP contribution in [0.25, 0.3) is 0 Å². The summed E-state index contributed by atoms with van der Waals surface area (Å²) in [6.45, 7) is 6.31. The van der Waals surface area contributed by atoms with Crippen LogP contribution in [-0.4, -0.2) is 50.0 Å². The van der Waals surface area contributed by atoms with E-state index < -0.39 is 29.6 Å². The van der Waals surface area contributed by atoms with Crippen LogP contribution in [0, 0.1) is 0 Å². The smallest absolute Gasteiger partial charge is 0.407 e. The monoisotopic (exact) mass is 515 g/mol. The Labute approximate surface area is 217 Å². The quantitative estimate of drug-likeness (QED) is 0.197. The molecule has 202 valence electrons. The number of aromatic hydroxyl groups is 1. The summed E-state index contributed by atoms with van der Waals surface area (Å²) >= 11 is 0. The summed E-state index contributed by atoms with van der Waals surface area (Å²) in [7, 11) is 2.73. The molecule has 0 aromatic heterocycles. The first kappa shape index (κ1) is 29.3. The summed E-state index contributed by atoms with van der Waals surface area (Å²) < 4.78 is 15.3. The standard InChI is InChI=1S/C27H37N3O7/c1-27(2,3)20-15-19(35-4)16-22(23(20)31)30-25(33)29-21(24(32)36-5)13-9-10-14-28-26(34)37-17-18-11-7-6-8-12-18/h6-8,11-12,15-16,21,31H,9-10,13-14,17H2,1-5H3,(H,28,34)(H2,29,30,33)/t21-/m0/s1. The number of phenols is 1. The maximum absolute atomic E-state index is 12.7. The predicted molar refractivity (Wildman–Crippen MR) is 140 cm³/mol. The highest BCUT2D eigenvalue weighted by Crippen LogP contribution is 2.39. The lowest BCUT2D eigenvalue weighted by atomic mass is 9.86. The molecule has 2 aromatic carbocycles. The van der Waals surface area contributed by atoms with Gasteiger partial charge in [0.2, 0.25) is 0 Å². The molecule has 0 fully saturated rings. The van der Waals surface area contributed by atoms with E-state index in [0.717, 1.165) is 5.56 Å². The van der Waals surface area contributed by atoms with Crippen LogP contribution in [-0.2, 0) is 26.3 Å². The molecule has 10 nitrogen and oxygen atoms in total. The molecule has 0 aliphatic carbocycles. The molecule has 10 heteroatoms. The van der Waals surface area contributed by atoms with Gasteiger partial charge in [-0.3, -0.25) is 0 Å². The molecule has 0 spiro atoms. The van der Waals surface area contributed by atoms with E-state index in [1.54, 1.807) is 6.07 Å². The number of amides is 3. The number of ether oxygens (including phenoxy) is 3. The molecule has 4 N–H and O–H groups in total. The Bertz CT molecular complexity index is 1050. The fourth-order valence-corrected chi connectivity index (χ4v) is 3.54. The van der Waals surface area contributed by atoms with Crippen molar-refractivity contribution in [2.75, 3.05) is 26.1 Å². The van der Waals surface area contributed by atoms with Crippen LogP contribution in [0.4, 0.5) is 15.3 Å². The van der Waals surface area contributed by atoms with Gasteiger partial charge in [-0.2, -0.15) is 0 Å². The number of esters is 1. The predicted octanol–water partition coefficient (Wildman–Crippen LogP) is 4.46. The molecule has 0 saturated carbocycles. The minimum atomic E-state index is -0.912. The maximum Gasteiger partial charge on any atom is 0.407 e. The van der Waals surface area contributed by atoms with Gasteiger partial charge in [0.25, 0.3) is 0 Å². The number of carbonyl (C=O) groups excluding carboxylic acids is 3. The van der Waals surface area contributed by atoms with Crippen LogP contribution >= 0.6 is 0 Å². The first-order chi connectivity index (χ1) is 17.5. The van der Waals surface area contributed by atoms with Crippen LogP contribution in [0.5, 0.6) is 11.5 Å². The van der Waals surface area contributed by atoms with Crippen LogP contribution in [0.15, 0.2) is 42.5 Å². The Morgan fingerprint density at radius 2 is 1.73 bits per heavy atom. The third-order valence-electron chi connectivity index (χ3n) is 5.57. The van der Waals surface area contributed by atoms with Gasteiger partial charge in [0, 0.05) is 18.2 Å². The molecule has 0 aliphatic heterocycles. The van der Waals surface area contributed by atoms with Crippen LogP contribution < -0.4 is 20.7 Å². The van der Waals surface area contributed by atoms with Gasteiger partial charge in [-0.1, -0.05) is 51.1 Å². The van der Waals surface area contributed by atoms with E-state index in [2.05, 4.69) is 16.0 Å². The van der Waals surface area contributed by atoms with Gasteiger partial charge in [0.15, 0.2) is 0 Å². The minimum Gasteiger partial charge on any atom is -0.505 e. The van der Waals surface area contributed by atoms with Crippen molar-refractivity contribution in [1.82, 2.24) is 10.6 Å². The summed E-state index contributed by atoms with van der Waals surface area (Å²) in [4.78, 5) is 36.7. The number of phenolic OH excluding ortho intramolecular Hbond substituents is 1. The molecule has 0 aliphatic rings. The first-order valence-electron chi connectivity index (χ1n) is 12.1. The zero-order chi connectivity index (χ0) is 27.4. The third kappa shape index (κ3) is 9.55. The van der Waals surface area contributed by atoms with Crippen molar-refractivity contribution in [2.24, 2.45) is 0 Å². The number of hydrogen-bond acceptors (Lipinski definition) is 7. The fraction of sp³-hybridized carbons (Fsp3) is 0.444. The lowest BCUT2D eigenvalue weighted by Gasteiger charge is -2.23. The number of urea groups is 1. The Morgan fingerprint density at radius 1 is 1.03 bits per heavy atom. The largest absolute Gasteiger partial charge is 0.505 e. The van der Waals surface area contributed by atoms with Crippen molar-refractivity contribution in [1.29, 1.82) is 0 Å². The maximum atomic E-state index is 12.7. The van der Waals surface area contributed by atoms with E-state index >= 15 is 0 Å². The van der Waals surface area contributed by atoms with Gasteiger partial charge >= 0.3 is 18.1 Å². The van der Waals surface area contributed by atoms with E-state index in [1.807, 2.05) is 51.1 Å². The molecular weight excluding hydrogens is 478 g/mol. The Balaban J connectivity index is 1.86. The summed E-state index contributed by atoms with van der Waals surface area (Å²) in [5, 5.41) is 18.5. The molecule has 0 heterocycles. The molecule has 2 aromatic rings. The molecule has 3 amide bonds. The highest BCUT2D eigenvalue weighted by molar-refractivity contribution is 5.94. The second-order valence-electron chi connectivity index (χ2n) is 9.48. The Hall–Kier alpha value is -3.95. The Morgan fingerprint density at radius 3 is 2.35 bits per heavy atom. The molecular formula is C27H37N3O7. The zero-order valence-electron chi connectivity index (χ0n) is 22.1. The number of hydrogen-bond donors (Lipinski definition) is 4. The Kier molecular flexibility index (Phi) is 11.0. The van der Waals surface area contributed by atoms with Crippen molar-refractivity contribution < 1.29 is 33.7 Å². The number of nitrogens with one attached hydrogen (secondary N) is 3. The number of rotatable bonds is 11. The van der Waals surface area contributed by atoms with Gasteiger partial charge < -0.3 is 35.3 Å². The number of alkyl carbamates (subject to hydrolysis) is 1. The second kappa shape index (κ2) is 14.0. The van der Waals surface area contributed by atoms with Crippen molar-refractivity contribution in [3.8, 4) is 11.5 Å². The summed E-state index contributed by atoms with van der Waals surface area (Å²) in [6.07, 6.45) is 0.845.